The van der Waals surface area contributed by atoms with Crippen LogP contribution >= 0.6 is 11.3 Å². The number of nitrogens with one attached hydrogen (secondary N) is 1. The standard InChI is InChI=1S/C13H13N3O2S/c14-9-6-7(4-5-8(9)12(17)18)15-13-16-10-2-1-3-11(10)19-13/h4-6H,1-3,14H2,(H,15,16)(H,17,18). The van der Waals surface area contributed by atoms with Gasteiger partial charge in [0.1, 0.15) is 0 Å². The highest BCUT2D eigenvalue weighted by molar-refractivity contribution is 7.15. The number of benzene rings is 1. The van der Waals surface area contributed by atoms with Crippen molar-refractivity contribution in [2.24, 2.45) is 0 Å². The molecule has 3 rings (SSSR count). The number of hydrogen-bond donors (Lipinski definition) is 3. The van der Waals surface area contributed by atoms with Crippen LogP contribution in [0.5, 0.6) is 0 Å². The Balaban J connectivity index is 1.83. The van der Waals surface area contributed by atoms with Crippen molar-refractivity contribution in [1.82, 2.24) is 4.98 Å². The Hall–Kier alpha value is -2.08. The average molecular weight is 275 g/mol. The molecule has 0 fully saturated rings. The Kier molecular flexibility index (Phi) is 2.87. The van der Waals surface area contributed by atoms with Crippen molar-refractivity contribution < 1.29 is 9.90 Å². The number of rotatable bonds is 3. The first-order valence-corrected chi connectivity index (χ1v) is 6.83. The van der Waals surface area contributed by atoms with Crippen molar-refractivity contribution in [3.8, 4) is 0 Å². The molecule has 0 bridgehead atoms. The minimum Gasteiger partial charge on any atom is -0.478 e. The minimum absolute atomic E-state index is 0.118. The molecule has 5 nitrogen and oxygen atoms in total. The summed E-state index contributed by atoms with van der Waals surface area (Å²) in [6, 6.07) is 4.82. The normalized spacial score (nSPS) is 13.3. The second kappa shape index (κ2) is 4.55. The number of aromatic carboxylic acids is 1. The Bertz CT molecular complexity index is 630. The van der Waals surface area contributed by atoms with E-state index in [1.807, 2.05) is 0 Å². The summed E-state index contributed by atoms with van der Waals surface area (Å²) in [4.78, 5) is 16.7. The molecule has 6 heteroatoms. The predicted molar refractivity (Wildman–Crippen MR) is 75.2 cm³/mol. The lowest BCUT2D eigenvalue weighted by Crippen LogP contribution is -2.02. The molecule has 0 atom stereocenters. The Morgan fingerprint density at radius 1 is 1.42 bits per heavy atom. The number of aromatic nitrogens is 1. The van der Waals surface area contributed by atoms with Crippen molar-refractivity contribution in [3.63, 3.8) is 0 Å². The zero-order valence-electron chi connectivity index (χ0n) is 10.1. The number of carbonyl (C=O) groups is 1. The SMILES string of the molecule is Nc1cc(Nc2nc3c(s2)CCC3)ccc1C(=O)O. The van der Waals surface area contributed by atoms with E-state index in [-0.39, 0.29) is 11.3 Å². The number of carboxylic acids is 1. The van der Waals surface area contributed by atoms with E-state index < -0.39 is 5.97 Å². The second-order valence-electron chi connectivity index (χ2n) is 4.47. The van der Waals surface area contributed by atoms with Gasteiger partial charge in [0.2, 0.25) is 0 Å². The maximum Gasteiger partial charge on any atom is 0.337 e. The van der Waals surface area contributed by atoms with E-state index in [0.717, 1.165) is 23.7 Å². The van der Waals surface area contributed by atoms with Gasteiger partial charge in [-0.25, -0.2) is 9.78 Å². The number of hydrogen-bond acceptors (Lipinski definition) is 5. The lowest BCUT2D eigenvalue weighted by atomic mass is 10.1. The lowest BCUT2D eigenvalue weighted by Gasteiger charge is -2.06. The molecule has 1 aromatic heterocycles. The number of thiazole rings is 1. The number of nitrogens with zero attached hydrogens (tertiary/aromatic N) is 1. The van der Waals surface area contributed by atoms with Crippen molar-refractivity contribution >= 4 is 33.8 Å². The van der Waals surface area contributed by atoms with Crippen LogP contribution in [0.25, 0.3) is 0 Å². The molecule has 98 valence electrons. The zero-order valence-corrected chi connectivity index (χ0v) is 11.0. The van der Waals surface area contributed by atoms with Crippen molar-refractivity contribution in [1.29, 1.82) is 0 Å². The van der Waals surface area contributed by atoms with Crippen LogP contribution in [0.15, 0.2) is 18.2 Å². The van der Waals surface area contributed by atoms with Crippen LogP contribution in [0.4, 0.5) is 16.5 Å². The summed E-state index contributed by atoms with van der Waals surface area (Å²) in [6.07, 6.45) is 3.34. The first-order valence-electron chi connectivity index (χ1n) is 6.02. The van der Waals surface area contributed by atoms with Crippen LogP contribution in [0.1, 0.15) is 27.3 Å². The van der Waals surface area contributed by atoms with E-state index >= 15 is 0 Å². The molecule has 19 heavy (non-hydrogen) atoms. The fraction of sp³-hybridized carbons (Fsp3) is 0.231. The van der Waals surface area contributed by atoms with Gasteiger partial charge in [-0.15, -0.1) is 11.3 Å². The number of nitrogen functional groups attached to an aromatic ring is 1. The van der Waals surface area contributed by atoms with E-state index in [1.54, 1.807) is 23.5 Å². The highest BCUT2D eigenvalue weighted by Gasteiger charge is 2.17. The van der Waals surface area contributed by atoms with E-state index in [0.29, 0.717) is 0 Å². The second-order valence-corrected chi connectivity index (χ2v) is 5.56. The van der Waals surface area contributed by atoms with Gasteiger partial charge in [0.15, 0.2) is 5.13 Å². The van der Waals surface area contributed by atoms with E-state index in [1.165, 1.54) is 23.1 Å². The van der Waals surface area contributed by atoms with Gasteiger partial charge < -0.3 is 16.2 Å². The fourth-order valence-electron chi connectivity index (χ4n) is 2.20. The zero-order chi connectivity index (χ0) is 13.4. The summed E-state index contributed by atoms with van der Waals surface area (Å²) in [7, 11) is 0. The minimum atomic E-state index is -1.02. The summed E-state index contributed by atoms with van der Waals surface area (Å²) in [5.74, 6) is -1.02. The molecule has 0 radical (unpaired) electrons. The average Bonchev–Trinajstić information content (AvgIpc) is 2.89. The van der Waals surface area contributed by atoms with Crippen LogP contribution in [0.2, 0.25) is 0 Å². The van der Waals surface area contributed by atoms with Crippen LogP contribution in [-0.4, -0.2) is 16.1 Å². The highest BCUT2D eigenvalue weighted by atomic mass is 32.1. The topological polar surface area (TPSA) is 88.2 Å². The number of carboxylic acid groups (broad SMARTS) is 1. The molecule has 0 saturated heterocycles. The number of fused-ring (bicyclic) bond motifs is 1. The van der Waals surface area contributed by atoms with Crippen molar-refractivity contribution in [2.75, 3.05) is 11.1 Å². The van der Waals surface area contributed by atoms with Gasteiger partial charge in [-0.2, -0.15) is 0 Å². The van der Waals surface area contributed by atoms with Gasteiger partial charge in [-0.3, -0.25) is 0 Å². The Labute approximate surface area is 114 Å². The Morgan fingerprint density at radius 2 is 2.26 bits per heavy atom. The molecule has 0 amide bonds. The summed E-state index contributed by atoms with van der Waals surface area (Å²) >= 11 is 1.65. The van der Waals surface area contributed by atoms with Crippen molar-refractivity contribution in [3.05, 3.63) is 34.3 Å². The maximum atomic E-state index is 10.9. The fourth-order valence-corrected chi connectivity index (χ4v) is 3.27. The van der Waals surface area contributed by atoms with Gasteiger partial charge in [0, 0.05) is 16.3 Å². The summed E-state index contributed by atoms with van der Waals surface area (Å²) < 4.78 is 0. The number of anilines is 3. The largest absolute Gasteiger partial charge is 0.478 e. The molecule has 2 aromatic rings. The summed E-state index contributed by atoms with van der Waals surface area (Å²) in [5.41, 5.74) is 8.02. The first kappa shape index (κ1) is 12.0. The third-order valence-corrected chi connectivity index (χ3v) is 4.20. The van der Waals surface area contributed by atoms with E-state index in [4.69, 9.17) is 10.8 Å². The molecule has 1 aliphatic carbocycles. The van der Waals surface area contributed by atoms with Gasteiger partial charge in [0.25, 0.3) is 0 Å². The van der Waals surface area contributed by atoms with Gasteiger partial charge in [-0.1, -0.05) is 0 Å². The smallest absolute Gasteiger partial charge is 0.337 e. The molecule has 4 N–H and O–H groups in total. The maximum absolute atomic E-state index is 10.9. The third kappa shape index (κ3) is 2.26. The van der Waals surface area contributed by atoms with E-state index in [2.05, 4.69) is 10.3 Å². The molecule has 0 aliphatic heterocycles. The van der Waals surface area contributed by atoms with Gasteiger partial charge in [0.05, 0.1) is 11.3 Å². The molecule has 1 aliphatic rings. The van der Waals surface area contributed by atoms with Gasteiger partial charge in [-0.05, 0) is 37.5 Å². The molecular formula is C13H13N3O2S. The summed E-state index contributed by atoms with van der Waals surface area (Å²) in [5, 5.41) is 12.9. The van der Waals surface area contributed by atoms with Gasteiger partial charge >= 0.3 is 5.97 Å². The monoisotopic (exact) mass is 275 g/mol. The predicted octanol–water partition coefficient (Wildman–Crippen LogP) is 2.66. The number of aryl methyl sites for hydroxylation is 2. The Morgan fingerprint density at radius 3 is 2.95 bits per heavy atom. The summed E-state index contributed by atoms with van der Waals surface area (Å²) in [6.45, 7) is 0. The third-order valence-electron chi connectivity index (χ3n) is 3.13. The molecule has 0 saturated carbocycles. The van der Waals surface area contributed by atoms with Crippen LogP contribution < -0.4 is 11.1 Å². The van der Waals surface area contributed by atoms with E-state index in [9.17, 15) is 4.79 Å². The quantitative estimate of drug-likeness (QED) is 0.749. The first-order chi connectivity index (χ1) is 9.13. The van der Waals surface area contributed by atoms with Crippen LogP contribution in [0.3, 0.4) is 0 Å². The highest BCUT2D eigenvalue weighted by Crippen LogP contribution is 2.32. The molecule has 0 unspecified atom stereocenters. The molecule has 1 aromatic carbocycles. The van der Waals surface area contributed by atoms with Crippen LogP contribution in [-0.2, 0) is 12.8 Å². The van der Waals surface area contributed by atoms with Crippen molar-refractivity contribution in [2.45, 2.75) is 19.3 Å². The number of nitrogens with two attached hydrogens (primary N) is 1. The molecular weight excluding hydrogens is 262 g/mol. The lowest BCUT2D eigenvalue weighted by molar-refractivity contribution is 0.0698. The van der Waals surface area contributed by atoms with Crippen LogP contribution in [0, 0.1) is 0 Å². The molecule has 0 spiro atoms. The molecule has 1 heterocycles.